The standard InChI is InChI=1S/C15H18ClFN2O4S/c1-10(20)19(12-2-3-14(17)13(16)8-12)6-4-15(21)18-11-5-7-24(22,23)9-11/h2-3,8,11H,4-7,9H2,1H3,(H,18,21). The molecule has 1 N–H and O–H groups in total. The monoisotopic (exact) mass is 376 g/mol. The third-order valence-electron chi connectivity index (χ3n) is 3.75. The van der Waals surface area contributed by atoms with Crippen molar-refractivity contribution >= 4 is 38.9 Å². The van der Waals surface area contributed by atoms with Crippen LogP contribution < -0.4 is 10.2 Å². The van der Waals surface area contributed by atoms with Gasteiger partial charge in [-0.25, -0.2) is 12.8 Å². The lowest BCUT2D eigenvalue weighted by atomic mass is 10.2. The van der Waals surface area contributed by atoms with Crippen molar-refractivity contribution in [3.8, 4) is 0 Å². The number of nitrogens with one attached hydrogen (secondary N) is 1. The molecule has 1 aromatic carbocycles. The maximum atomic E-state index is 13.2. The lowest BCUT2D eigenvalue weighted by molar-refractivity contribution is -0.121. The zero-order valence-corrected chi connectivity index (χ0v) is 14.7. The Labute approximate surface area is 144 Å². The molecule has 1 saturated heterocycles. The van der Waals surface area contributed by atoms with Crippen LogP contribution in [0.1, 0.15) is 19.8 Å². The van der Waals surface area contributed by atoms with Gasteiger partial charge < -0.3 is 10.2 Å². The van der Waals surface area contributed by atoms with Crippen LogP contribution in [0.2, 0.25) is 5.02 Å². The van der Waals surface area contributed by atoms with E-state index in [1.165, 1.54) is 24.0 Å². The number of hydrogen-bond donors (Lipinski definition) is 1. The van der Waals surface area contributed by atoms with Gasteiger partial charge in [0.2, 0.25) is 11.8 Å². The fourth-order valence-corrected chi connectivity index (χ4v) is 4.39. The lowest BCUT2D eigenvalue weighted by Gasteiger charge is -2.21. The molecule has 0 radical (unpaired) electrons. The van der Waals surface area contributed by atoms with Crippen LogP contribution in [0.4, 0.5) is 10.1 Å². The van der Waals surface area contributed by atoms with Crippen LogP contribution in [0, 0.1) is 5.82 Å². The van der Waals surface area contributed by atoms with Crippen molar-refractivity contribution < 1.29 is 22.4 Å². The number of nitrogens with zero attached hydrogens (tertiary/aromatic N) is 1. The van der Waals surface area contributed by atoms with Crippen molar-refractivity contribution in [3.63, 3.8) is 0 Å². The van der Waals surface area contributed by atoms with Crippen molar-refractivity contribution in [3.05, 3.63) is 29.0 Å². The van der Waals surface area contributed by atoms with Crippen LogP contribution in [-0.2, 0) is 19.4 Å². The molecule has 132 valence electrons. The number of carbonyl (C=O) groups excluding carboxylic acids is 2. The number of hydrogen-bond acceptors (Lipinski definition) is 4. The Morgan fingerprint density at radius 2 is 2.12 bits per heavy atom. The Bertz CT molecular complexity index is 754. The van der Waals surface area contributed by atoms with Gasteiger partial charge in [-0.15, -0.1) is 0 Å². The molecule has 1 fully saturated rings. The molecule has 9 heteroatoms. The summed E-state index contributed by atoms with van der Waals surface area (Å²) < 4.78 is 36.0. The van der Waals surface area contributed by atoms with Crippen molar-refractivity contribution in [1.29, 1.82) is 0 Å². The zero-order valence-electron chi connectivity index (χ0n) is 13.1. The third kappa shape index (κ3) is 4.91. The Hall–Kier alpha value is -1.67. The molecule has 0 spiro atoms. The van der Waals surface area contributed by atoms with Crippen LogP contribution in [0.25, 0.3) is 0 Å². The number of amides is 2. The smallest absolute Gasteiger partial charge is 0.223 e. The highest BCUT2D eigenvalue weighted by Crippen LogP contribution is 2.23. The molecule has 1 heterocycles. The first-order valence-electron chi connectivity index (χ1n) is 7.41. The topological polar surface area (TPSA) is 83.6 Å². The second kappa shape index (κ2) is 7.48. The van der Waals surface area contributed by atoms with Crippen LogP contribution in [0.15, 0.2) is 18.2 Å². The van der Waals surface area contributed by atoms with Gasteiger partial charge in [0.1, 0.15) is 5.82 Å². The van der Waals surface area contributed by atoms with Crippen molar-refractivity contribution in [1.82, 2.24) is 5.32 Å². The molecule has 1 atom stereocenters. The highest BCUT2D eigenvalue weighted by Gasteiger charge is 2.29. The normalized spacial score (nSPS) is 19.0. The van der Waals surface area contributed by atoms with Gasteiger partial charge in [-0.2, -0.15) is 0 Å². The van der Waals surface area contributed by atoms with E-state index in [0.29, 0.717) is 12.1 Å². The van der Waals surface area contributed by atoms with Gasteiger partial charge >= 0.3 is 0 Å². The zero-order chi connectivity index (χ0) is 17.9. The molecule has 0 aliphatic carbocycles. The lowest BCUT2D eigenvalue weighted by Crippen LogP contribution is -2.38. The molecule has 1 aliphatic rings. The first-order valence-corrected chi connectivity index (χ1v) is 9.61. The van der Waals surface area contributed by atoms with E-state index in [-0.39, 0.29) is 47.4 Å². The Morgan fingerprint density at radius 1 is 1.42 bits per heavy atom. The van der Waals surface area contributed by atoms with Crippen molar-refractivity contribution in [2.24, 2.45) is 0 Å². The summed E-state index contributed by atoms with van der Waals surface area (Å²) in [5, 5.41) is 2.55. The molecule has 6 nitrogen and oxygen atoms in total. The largest absolute Gasteiger partial charge is 0.352 e. The van der Waals surface area contributed by atoms with Gasteiger partial charge in [0.15, 0.2) is 9.84 Å². The van der Waals surface area contributed by atoms with E-state index in [2.05, 4.69) is 5.32 Å². The highest BCUT2D eigenvalue weighted by atomic mass is 35.5. The number of carbonyl (C=O) groups is 2. The fraction of sp³-hybridized carbons (Fsp3) is 0.467. The average Bonchev–Trinajstić information content (AvgIpc) is 2.81. The first kappa shape index (κ1) is 18.7. The van der Waals surface area contributed by atoms with Crippen LogP contribution >= 0.6 is 11.6 Å². The fourth-order valence-electron chi connectivity index (χ4n) is 2.54. The van der Waals surface area contributed by atoms with Crippen molar-refractivity contribution in [2.45, 2.75) is 25.8 Å². The summed E-state index contributed by atoms with van der Waals surface area (Å²) in [6.45, 7) is 1.42. The van der Waals surface area contributed by atoms with E-state index < -0.39 is 15.7 Å². The van der Waals surface area contributed by atoms with Gasteiger partial charge in [0.25, 0.3) is 0 Å². The van der Waals surface area contributed by atoms with E-state index in [9.17, 15) is 22.4 Å². The quantitative estimate of drug-likeness (QED) is 0.844. The summed E-state index contributed by atoms with van der Waals surface area (Å²) in [5.41, 5.74) is 0.394. The van der Waals surface area contributed by atoms with E-state index in [1.807, 2.05) is 0 Å². The molecular weight excluding hydrogens is 359 g/mol. The van der Waals surface area contributed by atoms with E-state index >= 15 is 0 Å². The molecular formula is C15H18ClFN2O4S. The van der Waals surface area contributed by atoms with E-state index in [4.69, 9.17) is 11.6 Å². The Kier molecular flexibility index (Phi) is 5.82. The Morgan fingerprint density at radius 3 is 2.67 bits per heavy atom. The van der Waals surface area contributed by atoms with Crippen LogP contribution in [0.5, 0.6) is 0 Å². The maximum Gasteiger partial charge on any atom is 0.223 e. The molecule has 2 amide bonds. The predicted molar refractivity (Wildman–Crippen MR) is 89.3 cm³/mol. The number of anilines is 1. The number of sulfone groups is 1. The summed E-state index contributed by atoms with van der Waals surface area (Å²) in [7, 11) is -3.07. The van der Waals surface area contributed by atoms with Crippen molar-refractivity contribution in [2.75, 3.05) is 23.0 Å². The molecule has 24 heavy (non-hydrogen) atoms. The van der Waals surface area contributed by atoms with Gasteiger partial charge in [-0.1, -0.05) is 11.6 Å². The molecule has 1 aliphatic heterocycles. The average molecular weight is 377 g/mol. The third-order valence-corrected chi connectivity index (χ3v) is 5.81. The van der Waals surface area contributed by atoms with Crippen LogP contribution in [-0.4, -0.2) is 44.3 Å². The predicted octanol–water partition coefficient (Wildman–Crippen LogP) is 1.53. The first-order chi connectivity index (χ1) is 11.2. The highest BCUT2D eigenvalue weighted by molar-refractivity contribution is 7.91. The minimum Gasteiger partial charge on any atom is -0.352 e. The number of benzene rings is 1. The van der Waals surface area contributed by atoms with E-state index in [1.54, 1.807) is 0 Å². The SMILES string of the molecule is CC(=O)N(CCC(=O)NC1CCS(=O)(=O)C1)c1ccc(F)c(Cl)c1. The molecule has 0 aromatic heterocycles. The summed E-state index contributed by atoms with van der Waals surface area (Å²) in [4.78, 5) is 25.0. The molecule has 0 bridgehead atoms. The van der Waals surface area contributed by atoms with Gasteiger partial charge in [0, 0.05) is 31.6 Å². The summed E-state index contributed by atoms with van der Waals surface area (Å²) >= 11 is 5.72. The van der Waals surface area contributed by atoms with Gasteiger partial charge in [0.05, 0.1) is 16.5 Å². The summed E-state index contributed by atoms with van der Waals surface area (Å²) in [6, 6.07) is 3.49. The molecule has 0 saturated carbocycles. The summed E-state index contributed by atoms with van der Waals surface area (Å²) in [6.07, 6.45) is 0.406. The minimum atomic E-state index is -3.07. The second-order valence-electron chi connectivity index (χ2n) is 5.69. The van der Waals surface area contributed by atoms with Crippen LogP contribution in [0.3, 0.4) is 0 Å². The second-order valence-corrected chi connectivity index (χ2v) is 8.32. The minimum absolute atomic E-state index is 0.00508. The molecule has 1 aromatic rings. The summed E-state index contributed by atoms with van der Waals surface area (Å²) in [5.74, 6) is -1.22. The Balaban J connectivity index is 1.95. The van der Waals surface area contributed by atoms with Gasteiger partial charge in [-0.3, -0.25) is 9.59 Å². The number of rotatable bonds is 5. The maximum absolute atomic E-state index is 13.2. The molecule has 1 unspecified atom stereocenters. The number of halogens is 2. The molecule has 2 rings (SSSR count). The van der Waals surface area contributed by atoms with E-state index in [0.717, 1.165) is 6.07 Å². The van der Waals surface area contributed by atoms with Gasteiger partial charge in [-0.05, 0) is 24.6 Å².